The molecule has 0 amide bonds. The second-order valence-electron chi connectivity index (χ2n) is 14.5. The lowest BCUT2D eigenvalue weighted by molar-refractivity contribution is -0.177. The number of carbonyl (C=O) groups is 2. The first-order chi connectivity index (χ1) is 23.2. The molecule has 11 nitrogen and oxygen atoms in total. The Bertz CT molecular complexity index is 1350. The van der Waals surface area contributed by atoms with Crippen LogP contribution in [0.5, 0.6) is 0 Å². The number of rotatable bonds is 16. The molecule has 1 aromatic carbocycles. The SMILES string of the molecule is C=C[C@H](C)[C@@H](OC(=O)n1ccnc1)[C@H](C)[C@H]1OC(C)(C)O[C@]1(C)C[C@@H](C)[C@@H]1OC(=O)O[C@@H]([C@@H](C)[C@@H](CC)OCOCc2ccccc2)[C@H]1C. The molecule has 2 aliphatic heterocycles. The van der Waals surface area contributed by atoms with Crippen molar-refractivity contribution in [3.05, 3.63) is 67.3 Å². The highest BCUT2D eigenvalue weighted by molar-refractivity contribution is 5.70. The highest BCUT2D eigenvalue weighted by atomic mass is 16.8. The van der Waals surface area contributed by atoms with E-state index in [0.29, 0.717) is 13.0 Å². The third-order valence-corrected chi connectivity index (χ3v) is 10.1. The third kappa shape index (κ3) is 9.51. The minimum absolute atomic E-state index is 0.109. The van der Waals surface area contributed by atoms with Crippen molar-refractivity contribution < 1.29 is 42.7 Å². The Kier molecular flexibility index (Phi) is 13.1. The Balaban J connectivity index is 1.45. The topological polar surface area (TPSA) is 117 Å². The fraction of sp³-hybridized carbons (Fsp3) is 0.658. The van der Waals surface area contributed by atoms with Crippen molar-refractivity contribution in [2.75, 3.05) is 6.79 Å². The van der Waals surface area contributed by atoms with Crippen LogP contribution in [0.3, 0.4) is 0 Å². The summed E-state index contributed by atoms with van der Waals surface area (Å²) in [6, 6.07) is 9.94. The van der Waals surface area contributed by atoms with E-state index in [-0.39, 0.29) is 42.5 Å². The number of hydrogen-bond acceptors (Lipinski definition) is 10. The molecule has 2 aromatic rings. The largest absolute Gasteiger partial charge is 0.508 e. The highest BCUT2D eigenvalue weighted by Crippen LogP contribution is 2.47. The third-order valence-electron chi connectivity index (χ3n) is 10.1. The maximum Gasteiger partial charge on any atom is 0.508 e. The van der Waals surface area contributed by atoms with Crippen LogP contribution >= 0.6 is 0 Å². The summed E-state index contributed by atoms with van der Waals surface area (Å²) in [5, 5.41) is 0. The van der Waals surface area contributed by atoms with E-state index in [1.54, 1.807) is 12.3 Å². The normalized spacial score (nSPS) is 28.7. The van der Waals surface area contributed by atoms with E-state index < -0.39 is 48.1 Å². The van der Waals surface area contributed by atoms with Gasteiger partial charge >= 0.3 is 12.2 Å². The summed E-state index contributed by atoms with van der Waals surface area (Å²) in [4.78, 5) is 29.9. The van der Waals surface area contributed by atoms with E-state index in [1.807, 2.05) is 71.9 Å². The van der Waals surface area contributed by atoms with Crippen LogP contribution in [0.15, 0.2) is 61.7 Å². The first-order valence-electron chi connectivity index (χ1n) is 17.5. The molecule has 0 radical (unpaired) electrons. The van der Waals surface area contributed by atoms with Gasteiger partial charge in [0, 0.05) is 36.1 Å². The lowest BCUT2D eigenvalue weighted by atomic mass is 9.74. The van der Waals surface area contributed by atoms with Crippen LogP contribution in [0.4, 0.5) is 9.59 Å². The molecule has 2 fully saturated rings. The number of imidazole rings is 1. The van der Waals surface area contributed by atoms with E-state index in [9.17, 15) is 9.59 Å². The number of benzene rings is 1. The molecule has 1 aromatic heterocycles. The van der Waals surface area contributed by atoms with E-state index >= 15 is 0 Å². The minimum atomic E-state index is -0.896. The zero-order chi connectivity index (χ0) is 35.9. The van der Waals surface area contributed by atoms with Gasteiger partial charge in [0.2, 0.25) is 0 Å². The van der Waals surface area contributed by atoms with Gasteiger partial charge in [-0.05, 0) is 45.1 Å². The zero-order valence-electron chi connectivity index (χ0n) is 30.6. The van der Waals surface area contributed by atoms with Gasteiger partial charge in [-0.1, -0.05) is 78.0 Å². The number of nitrogens with zero attached hydrogens (tertiary/aromatic N) is 2. The molecule has 272 valence electrons. The Labute approximate surface area is 291 Å². The molecule has 3 heterocycles. The van der Waals surface area contributed by atoms with Crippen molar-refractivity contribution in [3.63, 3.8) is 0 Å². The van der Waals surface area contributed by atoms with Gasteiger partial charge in [-0.15, -0.1) is 6.58 Å². The summed E-state index contributed by atoms with van der Waals surface area (Å²) < 4.78 is 44.2. The van der Waals surface area contributed by atoms with Gasteiger partial charge in [-0.3, -0.25) is 0 Å². The predicted octanol–water partition coefficient (Wildman–Crippen LogP) is 7.78. The summed E-state index contributed by atoms with van der Waals surface area (Å²) in [6.07, 6.45) is 4.21. The quantitative estimate of drug-likeness (QED) is 0.0751. The maximum atomic E-state index is 13.0. The summed E-state index contributed by atoms with van der Waals surface area (Å²) in [5.74, 6) is -1.73. The van der Waals surface area contributed by atoms with E-state index in [2.05, 4.69) is 32.3 Å². The van der Waals surface area contributed by atoms with Gasteiger partial charge in [0.25, 0.3) is 0 Å². The van der Waals surface area contributed by atoms with E-state index in [4.69, 9.17) is 33.2 Å². The van der Waals surface area contributed by atoms with Gasteiger partial charge < -0.3 is 33.2 Å². The molecule has 0 spiro atoms. The molecule has 4 rings (SSSR count). The molecule has 0 saturated carbocycles. The van der Waals surface area contributed by atoms with Crippen molar-refractivity contribution in [2.24, 2.45) is 29.6 Å². The molecule has 0 N–H and O–H groups in total. The van der Waals surface area contributed by atoms with Crippen molar-refractivity contribution >= 4 is 12.2 Å². The summed E-state index contributed by atoms with van der Waals surface area (Å²) in [7, 11) is 0. The van der Waals surface area contributed by atoms with Crippen LogP contribution in [-0.2, 0) is 39.8 Å². The van der Waals surface area contributed by atoms with Crippen molar-refractivity contribution in [3.8, 4) is 0 Å². The molecule has 11 atom stereocenters. The number of carbonyl (C=O) groups excluding carboxylic acids is 2. The highest BCUT2D eigenvalue weighted by Gasteiger charge is 2.56. The van der Waals surface area contributed by atoms with Crippen LogP contribution in [0.1, 0.15) is 80.7 Å². The average molecular weight is 685 g/mol. The molecular weight excluding hydrogens is 628 g/mol. The second kappa shape index (κ2) is 16.6. The van der Waals surface area contributed by atoms with Gasteiger partial charge in [0.1, 0.15) is 31.4 Å². The van der Waals surface area contributed by atoms with Gasteiger partial charge in [0.15, 0.2) is 5.79 Å². The smallest absolute Gasteiger partial charge is 0.445 e. The fourth-order valence-corrected chi connectivity index (χ4v) is 7.79. The Hall–Kier alpha value is -3.25. The van der Waals surface area contributed by atoms with E-state index in [0.717, 1.165) is 12.0 Å². The molecule has 0 unspecified atom stereocenters. The Morgan fingerprint density at radius 2 is 1.78 bits per heavy atom. The molecule has 0 aliphatic carbocycles. The first kappa shape index (κ1) is 38.6. The standard InChI is InChI=1S/C38H56N2O9/c1-11-24(3)31(45-35(41)40-19-18-39-22-40)28(7)34-38(10,49-37(8,9)48-34)20-25(4)32-27(6)33(47-36(42)46-32)26(5)30(12-2)44-23-43-21-29-16-14-13-15-17-29/h11,13-19,22,24-28,30-34H,1,12,20-21,23H2,2-10H3/t24-,25+,26-,27-,28-,30+,31+,32-,33-,34+,38+/m0/s1. The van der Waals surface area contributed by atoms with Crippen LogP contribution in [0, 0.1) is 29.6 Å². The molecule has 2 aliphatic rings. The zero-order valence-corrected chi connectivity index (χ0v) is 30.6. The van der Waals surface area contributed by atoms with Crippen LogP contribution < -0.4 is 0 Å². The van der Waals surface area contributed by atoms with Crippen molar-refractivity contribution in [2.45, 2.75) is 124 Å². The molecular formula is C38H56N2O9. The Morgan fingerprint density at radius 3 is 2.41 bits per heavy atom. The predicted molar refractivity (Wildman–Crippen MR) is 183 cm³/mol. The van der Waals surface area contributed by atoms with Crippen molar-refractivity contribution in [1.82, 2.24) is 9.55 Å². The molecule has 49 heavy (non-hydrogen) atoms. The number of cyclic esters (lactones) is 2. The van der Waals surface area contributed by atoms with Gasteiger partial charge in [-0.25, -0.2) is 19.1 Å². The van der Waals surface area contributed by atoms with Crippen LogP contribution in [0.2, 0.25) is 0 Å². The van der Waals surface area contributed by atoms with Crippen molar-refractivity contribution in [1.29, 1.82) is 0 Å². The van der Waals surface area contributed by atoms with E-state index in [1.165, 1.54) is 17.1 Å². The average Bonchev–Trinajstić information content (AvgIpc) is 3.69. The van der Waals surface area contributed by atoms with Gasteiger partial charge in [-0.2, -0.15) is 0 Å². The molecule has 11 heteroatoms. The second-order valence-corrected chi connectivity index (χ2v) is 14.5. The number of aromatic nitrogens is 2. The number of hydrogen-bond donors (Lipinski definition) is 0. The lowest BCUT2D eigenvalue weighted by Gasteiger charge is -2.44. The summed E-state index contributed by atoms with van der Waals surface area (Å²) in [6.45, 7) is 22.5. The monoisotopic (exact) mass is 684 g/mol. The van der Waals surface area contributed by atoms with Crippen LogP contribution in [-0.4, -0.2) is 70.5 Å². The minimum Gasteiger partial charge on any atom is -0.445 e. The van der Waals surface area contributed by atoms with Crippen LogP contribution in [0.25, 0.3) is 0 Å². The maximum absolute atomic E-state index is 13.0. The summed E-state index contributed by atoms with van der Waals surface area (Å²) >= 11 is 0. The summed E-state index contributed by atoms with van der Waals surface area (Å²) in [5.41, 5.74) is 0.266. The fourth-order valence-electron chi connectivity index (χ4n) is 7.79. The first-order valence-corrected chi connectivity index (χ1v) is 17.5. The molecule has 0 bridgehead atoms. The lowest BCUT2D eigenvalue weighted by Crippen LogP contribution is -2.53. The van der Waals surface area contributed by atoms with Gasteiger partial charge in [0.05, 0.1) is 24.4 Å². The number of ether oxygens (including phenoxy) is 7. The molecule has 2 saturated heterocycles. The Morgan fingerprint density at radius 1 is 1.08 bits per heavy atom.